The maximum Gasteiger partial charge on any atom is 0.271 e. The molecule has 0 saturated carbocycles. The van der Waals surface area contributed by atoms with Crippen LogP contribution >= 0.6 is 0 Å². The average molecular weight is 384 g/mol. The molecule has 0 unspecified atom stereocenters. The summed E-state index contributed by atoms with van der Waals surface area (Å²) >= 11 is 0. The Bertz CT molecular complexity index is 799. The van der Waals surface area contributed by atoms with E-state index in [-0.39, 0.29) is 23.7 Å². The van der Waals surface area contributed by atoms with Gasteiger partial charge in [0.05, 0.1) is 6.54 Å². The van der Waals surface area contributed by atoms with Crippen molar-refractivity contribution in [1.82, 2.24) is 20.0 Å². The highest BCUT2D eigenvalue weighted by Crippen LogP contribution is 2.09. The van der Waals surface area contributed by atoms with E-state index in [1.54, 1.807) is 0 Å². The van der Waals surface area contributed by atoms with Crippen molar-refractivity contribution in [3.8, 4) is 5.75 Å². The number of carbonyl (C=O) groups excluding carboxylic acids is 1. The van der Waals surface area contributed by atoms with E-state index in [1.807, 2.05) is 30.3 Å². The maximum absolute atomic E-state index is 12.4. The van der Waals surface area contributed by atoms with Gasteiger partial charge in [0.25, 0.3) is 11.5 Å². The number of hydrogen-bond donors (Lipinski definition) is 1. The van der Waals surface area contributed by atoms with E-state index in [0.29, 0.717) is 13.2 Å². The third-order valence-corrected chi connectivity index (χ3v) is 4.83. The Balaban J connectivity index is 1.48. The minimum Gasteiger partial charge on any atom is -0.492 e. The summed E-state index contributed by atoms with van der Waals surface area (Å²) in [5.41, 5.74) is -0.00652. The lowest BCUT2D eigenvalue weighted by molar-refractivity contribution is 0.0940. The van der Waals surface area contributed by atoms with Crippen LogP contribution in [0.2, 0.25) is 0 Å². The minimum absolute atomic E-state index is 0.246. The molecule has 1 amide bonds. The third-order valence-electron chi connectivity index (χ3n) is 4.83. The summed E-state index contributed by atoms with van der Waals surface area (Å²) < 4.78 is 6.87. The Labute approximate surface area is 165 Å². The van der Waals surface area contributed by atoms with Crippen molar-refractivity contribution in [1.29, 1.82) is 0 Å². The summed E-state index contributed by atoms with van der Waals surface area (Å²) in [5.74, 6) is 0.477. The molecule has 0 radical (unpaired) electrons. The molecular formula is C21H28N4O3. The van der Waals surface area contributed by atoms with E-state index < -0.39 is 0 Å². The fraction of sp³-hybridized carbons (Fsp3) is 0.476. The molecule has 1 aromatic heterocycles. The van der Waals surface area contributed by atoms with Crippen molar-refractivity contribution in [3.63, 3.8) is 0 Å². The lowest BCUT2D eigenvalue weighted by Crippen LogP contribution is -2.36. The number of amides is 1. The normalized spacial score (nSPS) is 15.0. The molecule has 1 N–H and O–H groups in total. The van der Waals surface area contributed by atoms with Gasteiger partial charge in [-0.2, -0.15) is 5.10 Å². The number of likely N-dealkylation sites (tertiary alicyclic amines) is 1. The van der Waals surface area contributed by atoms with Gasteiger partial charge in [0.2, 0.25) is 0 Å². The third kappa shape index (κ3) is 6.20. The van der Waals surface area contributed by atoms with Gasteiger partial charge in [0.15, 0.2) is 0 Å². The van der Waals surface area contributed by atoms with Crippen LogP contribution in [0.15, 0.2) is 47.3 Å². The summed E-state index contributed by atoms with van der Waals surface area (Å²) in [6.07, 6.45) is 5.04. The van der Waals surface area contributed by atoms with Crippen molar-refractivity contribution in [2.75, 3.05) is 32.8 Å². The molecule has 150 valence electrons. The van der Waals surface area contributed by atoms with Crippen molar-refractivity contribution in [2.45, 2.75) is 32.2 Å². The summed E-state index contributed by atoms with van der Waals surface area (Å²) in [7, 11) is 0. The Hall–Kier alpha value is -2.67. The van der Waals surface area contributed by atoms with E-state index in [9.17, 15) is 9.59 Å². The first kappa shape index (κ1) is 20.1. The predicted molar refractivity (Wildman–Crippen MR) is 108 cm³/mol. The number of ether oxygens (including phenoxy) is 1. The number of para-hydroxylation sites is 1. The van der Waals surface area contributed by atoms with Crippen LogP contribution in [0, 0.1) is 0 Å². The van der Waals surface area contributed by atoms with Crippen LogP contribution in [0.3, 0.4) is 0 Å². The highest BCUT2D eigenvalue weighted by Gasteiger charge is 2.12. The fourth-order valence-corrected chi connectivity index (χ4v) is 3.27. The van der Waals surface area contributed by atoms with Gasteiger partial charge in [-0.3, -0.25) is 9.59 Å². The standard InChI is InChI=1S/C21H28N4O3/c26-20-11-10-19(21(27)22-12-15-24-13-6-1-2-7-14-24)23-25(20)16-17-28-18-8-4-3-5-9-18/h3-5,8-11H,1-2,6-7,12-17H2,(H,22,27). The first-order chi connectivity index (χ1) is 13.7. The largest absolute Gasteiger partial charge is 0.492 e. The van der Waals surface area contributed by atoms with Gasteiger partial charge in [0.1, 0.15) is 18.1 Å². The first-order valence-corrected chi connectivity index (χ1v) is 9.99. The smallest absolute Gasteiger partial charge is 0.271 e. The van der Waals surface area contributed by atoms with Crippen molar-refractivity contribution >= 4 is 5.91 Å². The Morgan fingerprint density at radius 1 is 1.00 bits per heavy atom. The van der Waals surface area contributed by atoms with Gasteiger partial charge in [-0.15, -0.1) is 0 Å². The molecule has 2 heterocycles. The van der Waals surface area contributed by atoms with Gasteiger partial charge in [-0.1, -0.05) is 31.0 Å². The number of aromatic nitrogens is 2. The summed E-state index contributed by atoms with van der Waals surface area (Å²) in [6.45, 7) is 4.20. The highest BCUT2D eigenvalue weighted by atomic mass is 16.5. The number of rotatable bonds is 8. The maximum atomic E-state index is 12.4. The number of nitrogens with one attached hydrogen (secondary N) is 1. The molecule has 2 aromatic rings. The molecule has 1 aromatic carbocycles. The van der Waals surface area contributed by atoms with E-state index in [0.717, 1.165) is 25.4 Å². The molecule has 28 heavy (non-hydrogen) atoms. The number of nitrogens with zero attached hydrogens (tertiary/aromatic N) is 3. The summed E-state index contributed by atoms with van der Waals surface area (Å²) in [6, 6.07) is 12.2. The summed E-state index contributed by atoms with van der Waals surface area (Å²) in [5, 5.41) is 7.09. The monoisotopic (exact) mass is 384 g/mol. The van der Waals surface area contributed by atoms with Gasteiger partial charge in [0, 0.05) is 19.2 Å². The van der Waals surface area contributed by atoms with Crippen molar-refractivity contribution in [3.05, 3.63) is 58.5 Å². The zero-order chi connectivity index (χ0) is 19.6. The lowest BCUT2D eigenvalue weighted by Gasteiger charge is -2.19. The van der Waals surface area contributed by atoms with Crippen LogP contribution in [-0.2, 0) is 6.54 Å². The molecule has 3 rings (SSSR count). The number of benzene rings is 1. The van der Waals surface area contributed by atoms with Crippen LogP contribution < -0.4 is 15.6 Å². The second-order valence-corrected chi connectivity index (χ2v) is 6.95. The van der Waals surface area contributed by atoms with Gasteiger partial charge < -0.3 is 15.0 Å². The molecule has 1 aliphatic heterocycles. The fourth-order valence-electron chi connectivity index (χ4n) is 3.27. The van der Waals surface area contributed by atoms with E-state index in [4.69, 9.17) is 4.74 Å². The molecule has 7 nitrogen and oxygen atoms in total. The predicted octanol–water partition coefficient (Wildman–Crippen LogP) is 1.93. The topological polar surface area (TPSA) is 76.5 Å². The SMILES string of the molecule is O=C(NCCN1CCCCCC1)c1ccc(=O)n(CCOc2ccccc2)n1. The number of hydrogen-bond acceptors (Lipinski definition) is 5. The van der Waals surface area contributed by atoms with Crippen molar-refractivity contribution < 1.29 is 9.53 Å². The molecule has 1 fully saturated rings. The highest BCUT2D eigenvalue weighted by molar-refractivity contribution is 5.91. The van der Waals surface area contributed by atoms with E-state index >= 15 is 0 Å². The molecule has 1 aliphatic rings. The van der Waals surface area contributed by atoms with E-state index in [1.165, 1.54) is 42.5 Å². The molecule has 1 saturated heterocycles. The Morgan fingerprint density at radius 2 is 1.75 bits per heavy atom. The second-order valence-electron chi connectivity index (χ2n) is 6.95. The molecular weight excluding hydrogens is 356 g/mol. The quantitative estimate of drug-likeness (QED) is 0.753. The van der Waals surface area contributed by atoms with Gasteiger partial charge >= 0.3 is 0 Å². The molecule has 0 aliphatic carbocycles. The Morgan fingerprint density at radius 3 is 2.50 bits per heavy atom. The molecule has 0 atom stereocenters. The van der Waals surface area contributed by atoms with Crippen LogP contribution in [0.25, 0.3) is 0 Å². The van der Waals surface area contributed by atoms with Gasteiger partial charge in [-0.05, 0) is 44.1 Å². The van der Waals surface area contributed by atoms with Crippen LogP contribution in [0.5, 0.6) is 5.75 Å². The average Bonchev–Trinajstić information content (AvgIpc) is 2.99. The second kappa shape index (κ2) is 10.6. The summed E-state index contributed by atoms with van der Waals surface area (Å²) in [4.78, 5) is 26.8. The Kier molecular flexibility index (Phi) is 7.61. The first-order valence-electron chi connectivity index (χ1n) is 9.99. The zero-order valence-electron chi connectivity index (χ0n) is 16.2. The van der Waals surface area contributed by atoms with E-state index in [2.05, 4.69) is 15.3 Å². The van der Waals surface area contributed by atoms with Crippen LogP contribution in [0.4, 0.5) is 0 Å². The zero-order valence-corrected chi connectivity index (χ0v) is 16.2. The van der Waals surface area contributed by atoms with Crippen LogP contribution in [0.1, 0.15) is 36.2 Å². The number of carbonyl (C=O) groups is 1. The molecule has 0 spiro atoms. The minimum atomic E-state index is -0.257. The lowest BCUT2D eigenvalue weighted by atomic mass is 10.2. The van der Waals surface area contributed by atoms with Crippen molar-refractivity contribution in [2.24, 2.45) is 0 Å². The van der Waals surface area contributed by atoms with Gasteiger partial charge in [-0.25, -0.2) is 4.68 Å². The molecule has 0 bridgehead atoms. The molecule has 7 heteroatoms. The van der Waals surface area contributed by atoms with Crippen LogP contribution in [-0.4, -0.2) is 53.4 Å².